The fourth-order valence-corrected chi connectivity index (χ4v) is 5.94. The van der Waals surface area contributed by atoms with Gasteiger partial charge in [0.05, 0.1) is 17.3 Å². The summed E-state index contributed by atoms with van der Waals surface area (Å²) in [6, 6.07) is 39.1. The summed E-state index contributed by atoms with van der Waals surface area (Å²) in [6.45, 7) is 10.7. The van der Waals surface area contributed by atoms with Gasteiger partial charge < -0.3 is 9.30 Å². The number of nitriles is 1. The Labute approximate surface area is 283 Å². The number of aromatic nitrogens is 4. The van der Waals surface area contributed by atoms with Gasteiger partial charge in [-0.25, -0.2) is 4.98 Å². The van der Waals surface area contributed by atoms with Crippen LogP contribution >= 0.6 is 0 Å². The third-order valence-electron chi connectivity index (χ3n) is 8.17. The Morgan fingerprint density at radius 1 is 0.826 bits per heavy atom. The van der Waals surface area contributed by atoms with Gasteiger partial charge in [0.25, 0.3) is 0 Å². The van der Waals surface area contributed by atoms with E-state index in [2.05, 4.69) is 74.7 Å². The van der Waals surface area contributed by atoms with Gasteiger partial charge in [0.2, 0.25) is 0 Å². The van der Waals surface area contributed by atoms with Gasteiger partial charge in [0.1, 0.15) is 5.82 Å². The van der Waals surface area contributed by atoms with E-state index in [0.29, 0.717) is 17.1 Å². The summed E-state index contributed by atoms with van der Waals surface area (Å²) in [4.78, 5) is 4.76. The molecule has 0 aliphatic heterocycles. The average molecular weight is 781 g/mol. The molecule has 3 aromatic heterocycles. The van der Waals surface area contributed by atoms with E-state index in [0.717, 1.165) is 55.8 Å². The first kappa shape index (κ1) is 31.0. The molecule has 0 amide bonds. The Balaban J connectivity index is 0.00000372. The molecule has 0 saturated heterocycles. The van der Waals surface area contributed by atoms with Crippen molar-refractivity contribution in [3.8, 4) is 40.2 Å². The van der Waals surface area contributed by atoms with Crippen LogP contribution in [-0.2, 0) is 26.5 Å². The number of benzene rings is 4. The van der Waals surface area contributed by atoms with Gasteiger partial charge >= 0.3 is 21.1 Å². The standard InChI is InChI=1S/C39H31N5O.Pt/c1-25-38(28-10-7-6-8-11-28)26(2)44(42-25)30-12-9-13-31(22-30)45-32-15-16-33-34-20-27(24-40)14-17-35(34)43(36(33)23-32)37-21-29(18-19-41-37)39(3,4)5;/h6-21H,1-5H3;/q-2;+2. The molecular formula is C39H31N5OPt. The number of hydrogen-bond donors (Lipinski definition) is 0. The van der Waals surface area contributed by atoms with Gasteiger partial charge in [-0.1, -0.05) is 56.6 Å². The molecular weight excluding hydrogens is 750 g/mol. The predicted octanol–water partition coefficient (Wildman–Crippen LogP) is 9.21. The first-order valence-corrected chi connectivity index (χ1v) is 14.9. The minimum Gasteiger partial charge on any atom is -0.509 e. The van der Waals surface area contributed by atoms with Crippen molar-refractivity contribution in [3.63, 3.8) is 0 Å². The summed E-state index contributed by atoms with van der Waals surface area (Å²) in [5.41, 5.74) is 8.52. The van der Waals surface area contributed by atoms with E-state index in [1.54, 1.807) is 0 Å². The SMILES string of the molecule is Cc1nn(-c2[c-]c(Oc3[c-]c4c(cc3)c3cc(C#N)ccc3n4-c3cc(C(C)(C)C)ccn3)ccc2)c(C)c1-c1ccccc1.[Pt+2]. The third kappa shape index (κ3) is 5.53. The molecule has 0 N–H and O–H groups in total. The second kappa shape index (κ2) is 12.1. The van der Waals surface area contributed by atoms with Gasteiger partial charge in [-0.2, -0.15) is 22.5 Å². The zero-order valence-electron chi connectivity index (χ0n) is 26.2. The zero-order chi connectivity index (χ0) is 31.3. The Morgan fingerprint density at radius 3 is 2.37 bits per heavy atom. The quantitative estimate of drug-likeness (QED) is 0.164. The summed E-state index contributed by atoms with van der Waals surface area (Å²) >= 11 is 0. The molecule has 46 heavy (non-hydrogen) atoms. The zero-order valence-corrected chi connectivity index (χ0v) is 28.5. The van der Waals surface area contributed by atoms with E-state index in [1.807, 2.05) is 84.5 Å². The molecule has 228 valence electrons. The summed E-state index contributed by atoms with van der Waals surface area (Å²) in [7, 11) is 0. The largest absolute Gasteiger partial charge is 2.00 e. The number of rotatable bonds is 5. The van der Waals surface area contributed by atoms with E-state index in [-0.39, 0.29) is 26.5 Å². The Morgan fingerprint density at radius 2 is 1.61 bits per heavy atom. The molecule has 0 radical (unpaired) electrons. The van der Waals surface area contributed by atoms with Crippen LogP contribution in [-0.4, -0.2) is 19.3 Å². The molecule has 4 aromatic carbocycles. The molecule has 0 atom stereocenters. The summed E-state index contributed by atoms with van der Waals surface area (Å²) in [6.07, 6.45) is 1.85. The number of nitrogens with zero attached hydrogens (tertiary/aromatic N) is 5. The van der Waals surface area contributed by atoms with Crippen molar-refractivity contribution in [1.29, 1.82) is 5.26 Å². The van der Waals surface area contributed by atoms with E-state index in [1.165, 1.54) is 5.56 Å². The second-order valence-electron chi connectivity index (χ2n) is 12.2. The fraction of sp³-hybridized carbons (Fsp3) is 0.154. The van der Waals surface area contributed by atoms with E-state index in [9.17, 15) is 5.26 Å². The molecule has 6 nitrogen and oxygen atoms in total. The van der Waals surface area contributed by atoms with Crippen molar-refractivity contribution in [2.75, 3.05) is 0 Å². The van der Waals surface area contributed by atoms with Crippen LogP contribution in [0.25, 0.3) is 44.4 Å². The molecule has 7 aromatic rings. The van der Waals surface area contributed by atoms with E-state index >= 15 is 0 Å². The number of fused-ring (bicyclic) bond motifs is 3. The first-order chi connectivity index (χ1) is 21.7. The van der Waals surface area contributed by atoms with Crippen LogP contribution in [0.2, 0.25) is 0 Å². The van der Waals surface area contributed by atoms with Crippen molar-refractivity contribution >= 4 is 21.8 Å². The van der Waals surface area contributed by atoms with Crippen LogP contribution in [0.1, 0.15) is 43.3 Å². The summed E-state index contributed by atoms with van der Waals surface area (Å²) < 4.78 is 10.4. The maximum absolute atomic E-state index is 9.62. The second-order valence-corrected chi connectivity index (χ2v) is 12.2. The van der Waals surface area contributed by atoms with Crippen molar-refractivity contribution in [2.24, 2.45) is 0 Å². The Kier molecular flexibility index (Phi) is 8.15. The van der Waals surface area contributed by atoms with Crippen LogP contribution in [0, 0.1) is 37.3 Å². The maximum atomic E-state index is 9.62. The minimum absolute atomic E-state index is 0. The van der Waals surface area contributed by atoms with Gasteiger partial charge in [0.15, 0.2) is 0 Å². The number of pyridine rings is 1. The molecule has 0 bridgehead atoms. The van der Waals surface area contributed by atoms with Crippen LogP contribution in [0.4, 0.5) is 0 Å². The molecule has 7 heteroatoms. The number of hydrogen-bond acceptors (Lipinski definition) is 4. The van der Waals surface area contributed by atoms with Gasteiger partial charge in [-0.05, 0) is 71.8 Å². The Bertz CT molecular complexity index is 2270. The monoisotopic (exact) mass is 780 g/mol. The molecule has 0 aliphatic rings. The molecule has 3 heterocycles. The average Bonchev–Trinajstić information content (AvgIpc) is 3.53. The van der Waals surface area contributed by atoms with Gasteiger partial charge in [-0.15, -0.1) is 35.7 Å². The van der Waals surface area contributed by atoms with Crippen LogP contribution in [0.15, 0.2) is 97.2 Å². The van der Waals surface area contributed by atoms with Crippen molar-refractivity contribution in [2.45, 2.75) is 40.0 Å². The number of ether oxygens (including phenoxy) is 1. The van der Waals surface area contributed by atoms with E-state index < -0.39 is 0 Å². The normalized spacial score (nSPS) is 11.4. The van der Waals surface area contributed by atoms with Gasteiger partial charge in [0, 0.05) is 34.5 Å². The Hall–Kier alpha value is -4.98. The summed E-state index contributed by atoms with van der Waals surface area (Å²) in [5.74, 6) is 1.89. The van der Waals surface area contributed by atoms with Crippen molar-refractivity contribution in [1.82, 2.24) is 19.3 Å². The van der Waals surface area contributed by atoms with Gasteiger partial charge in [-0.3, -0.25) is 4.68 Å². The van der Waals surface area contributed by atoms with E-state index in [4.69, 9.17) is 14.8 Å². The molecule has 0 aliphatic carbocycles. The van der Waals surface area contributed by atoms with Crippen molar-refractivity contribution < 1.29 is 25.8 Å². The third-order valence-corrected chi connectivity index (χ3v) is 8.17. The number of aryl methyl sites for hydroxylation is 1. The fourth-order valence-electron chi connectivity index (χ4n) is 5.94. The molecule has 0 spiro atoms. The predicted molar refractivity (Wildman–Crippen MR) is 178 cm³/mol. The topological polar surface area (TPSA) is 68.7 Å². The first-order valence-electron chi connectivity index (χ1n) is 14.9. The molecule has 0 fully saturated rings. The maximum Gasteiger partial charge on any atom is 2.00 e. The molecule has 0 saturated carbocycles. The smallest absolute Gasteiger partial charge is 0.509 e. The minimum atomic E-state index is -0.0450. The summed E-state index contributed by atoms with van der Waals surface area (Å²) in [5, 5.41) is 16.4. The molecule has 7 rings (SSSR count). The van der Waals surface area contributed by atoms with Crippen molar-refractivity contribution in [3.05, 3.63) is 132 Å². The molecule has 0 unspecified atom stereocenters. The van der Waals surface area contributed by atoms with Crippen LogP contribution in [0.3, 0.4) is 0 Å². The van der Waals surface area contributed by atoms with Crippen LogP contribution in [0.5, 0.6) is 11.5 Å². The van der Waals surface area contributed by atoms with Crippen LogP contribution < -0.4 is 4.74 Å².